The molecule has 170 valence electrons. The zero-order valence-electron chi connectivity index (χ0n) is 19.0. The number of anilines is 2. The van der Waals surface area contributed by atoms with Gasteiger partial charge in [-0.3, -0.25) is 14.7 Å². The van der Waals surface area contributed by atoms with Gasteiger partial charge in [0.25, 0.3) is 0 Å². The third-order valence-electron chi connectivity index (χ3n) is 6.65. The average molecular weight is 443 g/mol. The van der Waals surface area contributed by atoms with Crippen LogP contribution >= 0.6 is 0 Å². The van der Waals surface area contributed by atoms with Crippen LogP contribution in [0.25, 0.3) is 11.3 Å². The van der Waals surface area contributed by atoms with Crippen LogP contribution in [-0.4, -0.2) is 56.3 Å². The Balaban J connectivity index is 1.47. The van der Waals surface area contributed by atoms with E-state index in [2.05, 4.69) is 15.2 Å². The molecule has 0 spiro atoms. The van der Waals surface area contributed by atoms with E-state index < -0.39 is 0 Å². The van der Waals surface area contributed by atoms with Crippen molar-refractivity contribution in [1.29, 1.82) is 0 Å². The van der Waals surface area contributed by atoms with Crippen LogP contribution in [0.4, 0.5) is 11.5 Å². The largest absolute Gasteiger partial charge is 0.340 e. The number of amides is 1. The number of hydrogen-bond donors (Lipinski definition) is 1. The van der Waals surface area contributed by atoms with Crippen LogP contribution in [0.3, 0.4) is 0 Å². The van der Waals surface area contributed by atoms with Gasteiger partial charge in [-0.15, -0.1) is 0 Å². The van der Waals surface area contributed by atoms with Gasteiger partial charge in [0.2, 0.25) is 5.91 Å². The van der Waals surface area contributed by atoms with Gasteiger partial charge < -0.3 is 10.2 Å². The number of hydrogen-bond acceptors (Lipinski definition) is 6. The normalized spacial score (nSPS) is 19.5. The first-order chi connectivity index (χ1) is 16.2. The molecule has 2 fully saturated rings. The Morgan fingerprint density at radius 2 is 1.76 bits per heavy atom. The van der Waals surface area contributed by atoms with Gasteiger partial charge in [-0.05, 0) is 70.0 Å². The standard InChI is InChI=1S/C26H30N6O/c1-19(31-15-5-6-16-31)26(33)32-17-7-10-23(32)25-29-22(20-11-13-27-14-12-20)18-24(30-25)28-21-8-3-2-4-9-21/h2-4,8-9,11-14,18-19,23H,5-7,10,15-17H2,1H3,(H,28,29,30)/t19-,23+/m0/s1. The van der Waals surface area contributed by atoms with Crippen LogP contribution in [0.1, 0.15) is 44.5 Å². The molecule has 7 heteroatoms. The maximum absolute atomic E-state index is 13.5. The van der Waals surface area contributed by atoms with E-state index in [0.717, 1.165) is 55.2 Å². The summed E-state index contributed by atoms with van der Waals surface area (Å²) in [4.78, 5) is 31.7. The number of carbonyl (C=O) groups excluding carboxylic acids is 1. The molecule has 3 aromatic rings. The predicted molar refractivity (Wildman–Crippen MR) is 129 cm³/mol. The van der Waals surface area contributed by atoms with E-state index in [4.69, 9.17) is 9.97 Å². The van der Waals surface area contributed by atoms with Crippen molar-refractivity contribution < 1.29 is 4.79 Å². The van der Waals surface area contributed by atoms with Crippen molar-refractivity contribution in [1.82, 2.24) is 24.8 Å². The molecule has 2 saturated heterocycles. The molecule has 1 N–H and O–H groups in total. The number of likely N-dealkylation sites (tertiary alicyclic amines) is 2. The molecule has 0 aliphatic carbocycles. The molecule has 1 aromatic carbocycles. The molecule has 2 aliphatic heterocycles. The fourth-order valence-electron chi connectivity index (χ4n) is 4.84. The molecule has 1 amide bonds. The first-order valence-corrected chi connectivity index (χ1v) is 11.8. The molecular weight excluding hydrogens is 412 g/mol. The van der Waals surface area contributed by atoms with Gasteiger partial charge in [0, 0.05) is 36.3 Å². The van der Waals surface area contributed by atoms with Crippen LogP contribution in [0.15, 0.2) is 60.9 Å². The smallest absolute Gasteiger partial charge is 0.240 e. The molecule has 0 saturated carbocycles. The molecule has 2 aliphatic rings. The molecular formula is C26H30N6O. The summed E-state index contributed by atoms with van der Waals surface area (Å²) in [6, 6.07) is 15.6. The van der Waals surface area contributed by atoms with Gasteiger partial charge in [0.15, 0.2) is 5.82 Å². The van der Waals surface area contributed by atoms with Crippen LogP contribution < -0.4 is 5.32 Å². The molecule has 2 aromatic heterocycles. The molecule has 7 nitrogen and oxygen atoms in total. The number of nitrogens with zero attached hydrogens (tertiary/aromatic N) is 5. The topological polar surface area (TPSA) is 74.2 Å². The van der Waals surface area contributed by atoms with E-state index in [1.165, 1.54) is 12.8 Å². The monoisotopic (exact) mass is 442 g/mol. The first kappa shape index (κ1) is 21.5. The van der Waals surface area contributed by atoms with E-state index in [9.17, 15) is 4.79 Å². The highest BCUT2D eigenvalue weighted by Crippen LogP contribution is 2.33. The summed E-state index contributed by atoms with van der Waals surface area (Å²) in [5.41, 5.74) is 2.77. The van der Waals surface area contributed by atoms with Crippen molar-refractivity contribution >= 4 is 17.4 Å². The molecule has 0 bridgehead atoms. The van der Waals surface area contributed by atoms with Crippen LogP contribution in [-0.2, 0) is 4.79 Å². The van der Waals surface area contributed by atoms with E-state index >= 15 is 0 Å². The lowest BCUT2D eigenvalue weighted by molar-refractivity contribution is -0.137. The third kappa shape index (κ3) is 4.73. The number of para-hydroxylation sites is 1. The second-order valence-corrected chi connectivity index (χ2v) is 8.83. The maximum Gasteiger partial charge on any atom is 0.240 e. The SMILES string of the molecule is C[C@@H](C(=O)N1CCC[C@@H]1c1nc(Nc2ccccc2)cc(-c2ccncc2)n1)N1CCCC1. The van der Waals surface area contributed by atoms with Crippen molar-refractivity contribution in [2.75, 3.05) is 25.0 Å². The minimum atomic E-state index is -0.110. The Bertz CT molecular complexity index is 1080. The van der Waals surface area contributed by atoms with Crippen LogP contribution in [0.5, 0.6) is 0 Å². The zero-order chi connectivity index (χ0) is 22.6. The Labute approximate surface area is 194 Å². The molecule has 2 atom stereocenters. The average Bonchev–Trinajstić information content (AvgIpc) is 3.57. The lowest BCUT2D eigenvalue weighted by Crippen LogP contribution is -2.46. The fraction of sp³-hybridized carbons (Fsp3) is 0.385. The fourth-order valence-corrected chi connectivity index (χ4v) is 4.84. The first-order valence-electron chi connectivity index (χ1n) is 11.8. The minimum absolute atomic E-state index is 0.0987. The summed E-state index contributed by atoms with van der Waals surface area (Å²) in [6.45, 7) is 4.81. The van der Waals surface area contributed by atoms with E-state index in [-0.39, 0.29) is 18.0 Å². The second kappa shape index (κ2) is 9.67. The van der Waals surface area contributed by atoms with Gasteiger partial charge in [0.05, 0.1) is 17.8 Å². The molecule has 0 unspecified atom stereocenters. The summed E-state index contributed by atoms with van der Waals surface area (Å²) >= 11 is 0. The van der Waals surface area contributed by atoms with Crippen molar-refractivity contribution in [2.24, 2.45) is 0 Å². The number of nitrogens with one attached hydrogen (secondary N) is 1. The summed E-state index contributed by atoms with van der Waals surface area (Å²) in [7, 11) is 0. The summed E-state index contributed by atoms with van der Waals surface area (Å²) in [5, 5.41) is 3.41. The van der Waals surface area contributed by atoms with Crippen LogP contribution in [0.2, 0.25) is 0 Å². The number of benzene rings is 1. The lowest BCUT2D eigenvalue weighted by atomic mass is 10.1. The Kier molecular flexibility index (Phi) is 6.30. The van der Waals surface area contributed by atoms with E-state index in [1.54, 1.807) is 12.4 Å². The molecule has 5 rings (SSSR count). The summed E-state index contributed by atoms with van der Waals surface area (Å²) in [6.07, 6.45) is 7.73. The Hall–Kier alpha value is -3.32. The number of carbonyl (C=O) groups is 1. The minimum Gasteiger partial charge on any atom is -0.340 e. The molecule has 4 heterocycles. The van der Waals surface area contributed by atoms with E-state index in [1.807, 2.05) is 60.4 Å². The summed E-state index contributed by atoms with van der Waals surface area (Å²) < 4.78 is 0. The Morgan fingerprint density at radius 1 is 1.00 bits per heavy atom. The highest BCUT2D eigenvalue weighted by Gasteiger charge is 2.36. The highest BCUT2D eigenvalue weighted by molar-refractivity contribution is 5.82. The third-order valence-corrected chi connectivity index (χ3v) is 6.65. The van der Waals surface area contributed by atoms with Gasteiger partial charge >= 0.3 is 0 Å². The van der Waals surface area contributed by atoms with Crippen LogP contribution in [0, 0.1) is 0 Å². The van der Waals surface area contributed by atoms with Gasteiger partial charge in [-0.2, -0.15) is 0 Å². The number of rotatable bonds is 6. The molecule has 0 radical (unpaired) electrons. The summed E-state index contributed by atoms with van der Waals surface area (Å²) in [5.74, 6) is 1.61. The highest BCUT2D eigenvalue weighted by atomic mass is 16.2. The van der Waals surface area contributed by atoms with E-state index in [0.29, 0.717) is 5.82 Å². The van der Waals surface area contributed by atoms with Crippen molar-refractivity contribution in [3.63, 3.8) is 0 Å². The maximum atomic E-state index is 13.5. The number of aromatic nitrogens is 3. The van der Waals surface area contributed by atoms with Gasteiger partial charge in [0.1, 0.15) is 5.82 Å². The lowest BCUT2D eigenvalue weighted by Gasteiger charge is -2.31. The van der Waals surface area contributed by atoms with Gasteiger partial charge in [-0.25, -0.2) is 9.97 Å². The van der Waals surface area contributed by atoms with Gasteiger partial charge in [-0.1, -0.05) is 18.2 Å². The zero-order valence-corrected chi connectivity index (χ0v) is 19.0. The quantitative estimate of drug-likeness (QED) is 0.609. The predicted octanol–water partition coefficient (Wildman–Crippen LogP) is 4.43. The van der Waals surface area contributed by atoms with Crippen molar-refractivity contribution in [3.8, 4) is 11.3 Å². The Morgan fingerprint density at radius 3 is 2.52 bits per heavy atom. The van der Waals surface area contributed by atoms with Crippen molar-refractivity contribution in [2.45, 2.75) is 44.7 Å². The molecule has 33 heavy (non-hydrogen) atoms. The second-order valence-electron chi connectivity index (χ2n) is 8.83. The van der Waals surface area contributed by atoms with Crippen molar-refractivity contribution in [3.05, 3.63) is 66.7 Å². The number of pyridine rings is 1.